The molecule has 1 rings (SSSR count). The Hall–Kier alpha value is -0.530. The SMILES string of the molecule is CCCCCCC(C)C[C@@H]1CCC(=O)O1. The average Bonchev–Trinajstić information content (AvgIpc) is 2.59. The van der Waals surface area contributed by atoms with E-state index in [1.165, 1.54) is 32.1 Å². The van der Waals surface area contributed by atoms with E-state index >= 15 is 0 Å². The van der Waals surface area contributed by atoms with Crippen molar-refractivity contribution in [2.45, 2.75) is 71.3 Å². The van der Waals surface area contributed by atoms with Crippen LogP contribution in [0, 0.1) is 5.92 Å². The van der Waals surface area contributed by atoms with Crippen LogP contribution in [0.3, 0.4) is 0 Å². The van der Waals surface area contributed by atoms with Crippen molar-refractivity contribution in [3.8, 4) is 0 Å². The second kappa shape index (κ2) is 6.86. The highest BCUT2D eigenvalue weighted by Crippen LogP contribution is 2.23. The van der Waals surface area contributed by atoms with Crippen molar-refractivity contribution >= 4 is 5.97 Å². The van der Waals surface area contributed by atoms with Gasteiger partial charge in [-0.25, -0.2) is 0 Å². The van der Waals surface area contributed by atoms with Crippen molar-refractivity contribution < 1.29 is 9.53 Å². The van der Waals surface area contributed by atoms with E-state index < -0.39 is 0 Å². The third kappa shape index (κ3) is 5.19. The fraction of sp³-hybridized carbons (Fsp3) is 0.923. The van der Waals surface area contributed by atoms with Crippen LogP contribution in [-0.2, 0) is 9.53 Å². The van der Waals surface area contributed by atoms with Gasteiger partial charge in [-0.05, 0) is 18.8 Å². The molecule has 0 aliphatic carbocycles. The van der Waals surface area contributed by atoms with Crippen molar-refractivity contribution in [1.29, 1.82) is 0 Å². The number of carbonyl (C=O) groups is 1. The van der Waals surface area contributed by atoms with Gasteiger partial charge in [-0.2, -0.15) is 0 Å². The molecule has 0 N–H and O–H groups in total. The van der Waals surface area contributed by atoms with Crippen molar-refractivity contribution in [2.75, 3.05) is 0 Å². The average molecular weight is 212 g/mol. The molecule has 0 bridgehead atoms. The molecule has 1 saturated heterocycles. The van der Waals surface area contributed by atoms with Crippen molar-refractivity contribution in [3.05, 3.63) is 0 Å². The number of hydrogen-bond acceptors (Lipinski definition) is 2. The molecule has 0 aromatic rings. The minimum absolute atomic E-state index is 0.00168. The van der Waals surface area contributed by atoms with Gasteiger partial charge < -0.3 is 4.74 Å². The summed E-state index contributed by atoms with van der Waals surface area (Å²) in [6, 6.07) is 0. The van der Waals surface area contributed by atoms with Crippen molar-refractivity contribution in [1.82, 2.24) is 0 Å². The van der Waals surface area contributed by atoms with Gasteiger partial charge in [-0.15, -0.1) is 0 Å². The summed E-state index contributed by atoms with van der Waals surface area (Å²) in [4.78, 5) is 10.9. The van der Waals surface area contributed by atoms with Crippen LogP contribution < -0.4 is 0 Å². The number of carbonyl (C=O) groups excluding carboxylic acids is 1. The smallest absolute Gasteiger partial charge is 0.306 e. The summed E-state index contributed by atoms with van der Waals surface area (Å²) in [5.74, 6) is 0.705. The van der Waals surface area contributed by atoms with E-state index in [1.54, 1.807) is 0 Å². The molecule has 88 valence electrons. The first-order chi connectivity index (χ1) is 7.22. The lowest BCUT2D eigenvalue weighted by molar-refractivity contribution is -0.141. The summed E-state index contributed by atoms with van der Waals surface area (Å²) in [6.07, 6.45) is 9.48. The van der Waals surface area contributed by atoms with E-state index in [9.17, 15) is 4.79 Å². The second-order valence-electron chi connectivity index (χ2n) is 4.84. The lowest BCUT2D eigenvalue weighted by Crippen LogP contribution is -2.11. The molecule has 1 unspecified atom stereocenters. The molecule has 2 atom stereocenters. The van der Waals surface area contributed by atoms with Gasteiger partial charge in [0.2, 0.25) is 0 Å². The van der Waals surface area contributed by atoms with E-state index in [4.69, 9.17) is 4.74 Å². The lowest BCUT2D eigenvalue weighted by Gasteiger charge is -2.15. The molecular weight excluding hydrogens is 188 g/mol. The monoisotopic (exact) mass is 212 g/mol. The maximum Gasteiger partial charge on any atom is 0.306 e. The summed E-state index contributed by atoms with van der Waals surface area (Å²) in [7, 11) is 0. The maximum absolute atomic E-state index is 10.9. The molecule has 1 fully saturated rings. The van der Waals surface area contributed by atoms with Crippen LogP contribution >= 0.6 is 0 Å². The van der Waals surface area contributed by atoms with Gasteiger partial charge in [0, 0.05) is 6.42 Å². The summed E-state index contributed by atoms with van der Waals surface area (Å²) >= 11 is 0. The minimum atomic E-state index is -0.00168. The molecule has 2 nitrogen and oxygen atoms in total. The fourth-order valence-electron chi connectivity index (χ4n) is 2.23. The number of esters is 1. The second-order valence-corrected chi connectivity index (χ2v) is 4.84. The van der Waals surface area contributed by atoms with Crippen molar-refractivity contribution in [3.63, 3.8) is 0 Å². The first-order valence-electron chi connectivity index (χ1n) is 6.41. The number of cyclic esters (lactones) is 1. The Labute approximate surface area is 93.4 Å². The third-order valence-corrected chi connectivity index (χ3v) is 3.18. The Morgan fingerprint density at radius 1 is 1.40 bits per heavy atom. The van der Waals surface area contributed by atoms with Gasteiger partial charge in [0.05, 0.1) is 0 Å². The van der Waals surface area contributed by atoms with Gasteiger partial charge in [0.25, 0.3) is 0 Å². The zero-order chi connectivity index (χ0) is 11.1. The van der Waals surface area contributed by atoms with Crippen LogP contribution in [0.5, 0.6) is 0 Å². The molecule has 0 aromatic heterocycles. The van der Waals surface area contributed by atoms with Crippen LogP contribution in [0.1, 0.15) is 65.2 Å². The van der Waals surface area contributed by atoms with Gasteiger partial charge in [-0.1, -0.05) is 46.0 Å². The van der Waals surface area contributed by atoms with Crippen LogP contribution in [0.15, 0.2) is 0 Å². The Bertz CT molecular complexity index is 189. The first-order valence-corrected chi connectivity index (χ1v) is 6.41. The number of unbranched alkanes of at least 4 members (excludes halogenated alkanes) is 3. The van der Waals surface area contributed by atoms with Gasteiger partial charge in [-0.3, -0.25) is 4.79 Å². The van der Waals surface area contributed by atoms with E-state index in [1.807, 2.05) is 0 Å². The van der Waals surface area contributed by atoms with Gasteiger partial charge in [0.1, 0.15) is 6.10 Å². The van der Waals surface area contributed by atoms with E-state index in [0.29, 0.717) is 12.3 Å². The Balaban J connectivity index is 2.02. The molecule has 0 aromatic carbocycles. The van der Waals surface area contributed by atoms with Gasteiger partial charge in [0.15, 0.2) is 0 Å². The molecule has 1 aliphatic rings. The lowest BCUT2D eigenvalue weighted by atomic mass is 9.96. The predicted molar refractivity (Wildman–Crippen MR) is 61.7 cm³/mol. The zero-order valence-electron chi connectivity index (χ0n) is 10.1. The summed E-state index contributed by atoms with van der Waals surface area (Å²) in [5.41, 5.74) is 0. The molecule has 0 radical (unpaired) electrons. The molecule has 0 saturated carbocycles. The number of hydrogen-bond donors (Lipinski definition) is 0. The third-order valence-electron chi connectivity index (χ3n) is 3.18. The molecule has 1 aliphatic heterocycles. The molecule has 1 heterocycles. The van der Waals surface area contributed by atoms with Gasteiger partial charge >= 0.3 is 5.97 Å². The normalized spacial score (nSPS) is 22.8. The van der Waals surface area contributed by atoms with E-state index in [2.05, 4.69) is 13.8 Å². The topological polar surface area (TPSA) is 26.3 Å². The Kier molecular flexibility index (Phi) is 5.74. The van der Waals surface area contributed by atoms with Crippen LogP contribution in [0.25, 0.3) is 0 Å². The standard InChI is InChI=1S/C13H24O2/c1-3-4-5-6-7-11(2)10-12-8-9-13(14)15-12/h11-12H,3-10H2,1-2H3/t11?,12-/m0/s1. The summed E-state index contributed by atoms with van der Waals surface area (Å²) in [5, 5.41) is 0. The van der Waals surface area contributed by atoms with Crippen molar-refractivity contribution in [2.24, 2.45) is 5.92 Å². The Morgan fingerprint density at radius 2 is 2.20 bits per heavy atom. The zero-order valence-corrected chi connectivity index (χ0v) is 10.1. The molecular formula is C13H24O2. The minimum Gasteiger partial charge on any atom is -0.462 e. The largest absolute Gasteiger partial charge is 0.462 e. The summed E-state index contributed by atoms with van der Waals surface area (Å²) in [6.45, 7) is 4.51. The van der Waals surface area contributed by atoms with Crippen LogP contribution in [0.4, 0.5) is 0 Å². The van der Waals surface area contributed by atoms with Crippen LogP contribution in [0.2, 0.25) is 0 Å². The molecule has 0 amide bonds. The Morgan fingerprint density at radius 3 is 2.80 bits per heavy atom. The first kappa shape index (κ1) is 12.5. The van der Waals surface area contributed by atoms with Crippen LogP contribution in [-0.4, -0.2) is 12.1 Å². The highest BCUT2D eigenvalue weighted by Gasteiger charge is 2.24. The summed E-state index contributed by atoms with van der Waals surface area (Å²) < 4.78 is 5.22. The maximum atomic E-state index is 10.9. The molecule has 2 heteroatoms. The fourth-order valence-corrected chi connectivity index (χ4v) is 2.23. The number of ether oxygens (including phenoxy) is 1. The highest BCUT2D eigenvalue weighted by molar-refractivity contribution is 5.71. The predicted octanol–water partition coefficient (Wildman–Crippen LogP) is 3.69. The van der Waals surface area contributed by atoms with E-state index in [0.717, 1.165) is 12.8 Å². The quantitative estimate of drug-likeness (QED) is 0.475. The molecule has 15 heavy (non-hydrogen) atoms. The highest BCUT2D eigenvalue weighted by atomic mass is 16.5. The van der Waals surface area contributed by atoms with E-state index in [-0.39, 0.29) is 12.1 Å². The molecule has 0 spiro atoms. The number of rotatable bonds is 7.